The number of aliphatic hydroxyl groups is 1. The molecule has 0 saturated carbocycles. The van der Waals surface area contributed by atoms with E-state index in [4.69, 9.17) is 0 Å². The van der Waals surface area contributed by atoms with Crippen LogP contribution in [0, 0.1) is 0 Å². The van der Waals surface area contributed by atoms with Crippen molar-refractivity contribution in [2.75, 3.05) is 0 Å². The molecule has 2 rings (SSSR count). The smallest absolute Gasteiger partial charge is 0.0936 e. The van der Waals surface area contributed by atoms with Crippen molar-refractivity contribution >= 4 is 0 Å². The van der Waals surface area contributed by atoms with E-state index in [9.17, 15) is 5.11 Å². The van der Waals surface area contributed by atoms with Crippen molar-refractivity contribution in [3.63, 3.8) is 0 Å². The van der Waals surface area contributed by atoms with Gasteiger partial charge in [-0.25, -0.2) is 0 Å². The van der Waals surface area contributed by atoms with Gasteiger partial charge in [-0.2, -0.15) is 0 Å². The van der Waals surface area contributed by atoms with E-state index in [0.29, 0.717) is 6.42 Å². The molecular weight excluding hydrogens is 220 g/mol. The lowest BCUT2D eigenvalue weighted by Gasteiger charge is -2.28. The Labute approximate surface area is 109 Å². The predicted octanol–water partition coefficient (Wildman–Crippen LogP) is 3.92. The van der Waals surface area contributed by atoms with Crippen molar-refractivity contribution in [3.8, 4) is 0 Å². The maximum Gasteiger partial charge on any atom is 0.0936 e. The molecule has 0 aliphatic carbocycles. The molecule has 94 valence electrons. The van der Waals surface area contributed by atoms with Crippen LogP contribution in [0.5, 0.6) is 0 Å². The lowest BCUT2D eigenvalue weighted by Crippen LogP contribution is -2.28. The Morgan fingerprint density at radius 1 is 0.889 bits per heavy atom. The minimum absolute atomic E-state index is 0.672. The van der Waals surface area contributed by atoms with E-state index in [-0.39, 0.29) is 0 Å². The van der Waals surface area contributed by atoms with Gasteiger partial charge in [0.15, 0.2) is 0 Å². The van der Waals surface area contributed by atoms with Crippen LogP contribution in [0.25, 0.3) is 0 Å². The van der Waals surface area contributed by atoms with Gasteiger partial charge in [0.1, 0.15) is 0 Å². The van der Waals surface area contributed by atoms with Gasteiger partial charge in [-0.1, -0.05) is 74.0 Å². The largest absolute Gasteiger partial charge is 0.385 e. The Kier molecular flexibility index (Phi) is 4.16. The number of hydrogen-bond donors (Lipinski definition) is 1. The third-order valence-corrected chi connectivity index (χ3v) is 3.31. The average Bonchev–Trinajstić information content (AvgIpc) is 2.41. The van der Waals surface area contributed by atoms with Gasteiger partial charge in [-0.15, -0.1) is 0 Å². The first kappa shape index (κ1) is 12.8. The minimum Gasteiger partial charge on any atom is -0.385 e. The van der Waals surface area contributed by atoms with Gasteiger partial charge in [-0.3, -0.25) is 0 Å². The summed E-state index contributed by atoms with van der Waals surface area (Å²) in [5.74, 6) is 0. The molecule has 0 radical (unpaired) electrons. The van der Waals surface area contributed by atoms with Crippen LogP contribution in [-0.4, -0.2) is 5.11 Å². The summed E-state index contributed by atoms with van der Waals surface area (Å²) in [6.07, 6.45) is 2.43. The fraction of sp³-hybridized carbons (Fsp3) is 0.294. The van der Waals surface area contributed by atoms with Crippen LogP contribution in [0.2, 0.25) is 0 Å². The molecule has 1 unspecified atom stereocenters. The first-order valence-electron chi connectivity index (χ1n) is 6.56. The first-order chi connectivity index (χ1) is 8.74. The Balaban J connectivity index is 2.27. The second-order valence-electron chi connectivity index (χ2n) is 4.81. The lowest BCUT2D eigenvalue weighted by atomic mass is 9.84. The van der Waals surface area contributed by atoms with Crippen LogP contribution in [0.3, 0.4) is 0 Å². The van der Waals surface area contributed by atoms with Crippen LogP contribution < -0.4 is 0 Å². The molecule has 0 aliphatic heterocycles. The van der Waals surface area contributed by atoms with Crippen molar-refractivity contribution in [2.24, 2.45) is 0 Å². The summed E-state index contributed by atoms with van der Waals surface area (Å²) in [6, 6.07) is 20.2. The lowest BCUT2D eigenvalue weighted by molar-refractivity contribution is 0.0269. The summed E-state index contributed by atoms with van der Waals surface area (Å²) >= 11 is 0. The molecule has 2 aromatic carbocycles. The Hall–Kier alpha value is -1.60. The topological polar surface area (TPSA) is 20.2 Å². The van der Waals surface area contributed by atoms with Gasteiger partial charge in [0.05, 0.1) is 5.60 Å². The molecule has 0 heterocycles. The van der Waals surface area contributed by atoms with E-state index in [1.807, 2.05) is 48.5 Å². The molecule has 0 bridgehead atoms. The van der Waals surface area contributed by atoms with Crippen molar-refractivity contribution in [1.82, 2.24) is 0 Å². The SMILES string of the molecule is CCCC(O)(Cc1ccccc1)c1ccccc1. The van der Waals surface area contributed by atoms with Crippen LogP contribution >= 0.6 is 0 Å². The molecule has 1 nitrogen and oxygen atoms in total. The van der Waals surface area contributed by atoms with E-state index in [0.717, 1.165) is 18.4 Å². The van der Waals surface area contributed by atoms with Gasteiger partial charge in [0.25, 0.3) is 0 Å². The normalized spacial score (nSPS) is 14.1. The third-order valence-electron chi connectivity index (χ3n) is 3.31. The number of benzene rings is 2. The summed E-state index contributed by atoms with van der Waals surface area (Å²) in [7, 11) is 0. The summed E-state index contributed by atoms with van der Waals surface area (Å²) in [5, 5.41) is 10.9. The Bertz CT molecular complexity index is 463. The molecule has 1 N–H and O–H groups in total. The van der Waals surface area contributed by atoms with Crippen LogP contribution in [-0.2, 0) is 12.0 Å². The molecule has 2 aromatic rings. The molecule has 0 saturated heterocycles. The number of hydrogen-bond acceptors (Lipinski definition) is 1. The van der Waals surface area contributed by atoms with Gasteiger partial charge in [0, 0.05) is 6.42 Å². The summed E-state index contributed by atoms with van der Waals surface area (Å²) in [6.45, 7) is 2.11. The van der Waals surface area contributed by atoms with Crippen LogP contribution in [0.1, 0.15) is 30.9 Å². The highest BCUT2D eigenvalue weighted by Gasteiger charge is 2.28. The molecular formula is C17H20O. The highest BCUT2D eigenvalue weighted by Crippen LogP contribution is 2.30. The summed E-state index contributed by atoms with van der Waals surface area (Å²) < 4.78 is 0. The second kappa shape index (κ2) is 5.83. The Morgan fingerprint density at radius 2 is 1.44 bits per heavy atom. The minimum atomic E-state index is -0.753. The predicted molar refractivity (Wildman–Crippen MR) is 75.4 cm³/mol. The highest BCUT2D eigenvalue weighted by molar-refractivity contribution is 5.26. The zero-order chi connectivity index (χ0) is 12.8. The van der Waals surface area contributed by atoms with Crippen molar-refractivity contribution < 1.29 is 5.11 Å². The zero-order valence-electron chi connectivity index (χ0n) is 10.8. The quantitative estimate of drug-likeness (QED) is 0.840. The molecule has 0 aromatic heterocycles. The van der Waals surface area contributed by atoms with E-state index in [1.54, 1.807) is 0 Å². The fourth-order valence-corrected chi connectivity index (χ4v) is 2.43. The summed E-state index contributed by atoms with van der Waals surface area (Å²) in [4.78, 5) is 0. The molecule has 18 heavy (non-hydrogen) atoms. The van der Waals surface area contributed by atoms with E-state index < -0.39 is 5.60 Å². The van der Waals surface area contributed by atoms with Gasteiger partial charge in [0.2, 0.25) is 0 Å². The first-order valence-corrected chi connectivity index (χ1v) is 6.56. The summed E-state index contributed by atoms with van der Waals surface area (Å²) in [5.41, 5.74) is 1.44. The monoisotopic (exact) mass is 240 g/mol. The molecule has 0 fully saturated rings. The van der Waals surface area contributed by atoms with Crippen LogP contribution in [0.15, 0.2) is 60.7 Å². The fourth-order valence-electron chi connectivity index (χ4n) is 2.43. The zero-order valence-corrected chi connectivity index (χ0v) is 10.8. The molecule has 1 atom stereocenters. The van der Waals surface area contributed by atoms with Crippen molar-refractivity contribution in [1.29, 1.82) is 0 Å². The van der Waals surface area contributed by atoms with E-state index >= 15 is 0 Å². The van der Waals surface area contributed by atoms with Gasteiger partial charge >= 0.3 is 0 Å². The molecule has 0 aliphatic rings. The van der Waals surface area contributed by atoms with Crippen molar-refractivity contribution in [3.05, 3.63) is 71.8 Å². The van der Waals surface area contributed by atoms with Crippen LogP contribution in [0.4, 0.5) is 0 Å². The third kappa shape index (κ3) is 2.99. The molecule has 0 spiro atoms. The average molecular weight is 240 g/mol. The van der Waals surface area contributed by atoms with E-state index in [2.05, 4.69) is 19.1 Å². The van der Waals surface area contributed by atoms with Gasteiger partial charge in [-0.05, 0) is 17.5 Å². The highest BCUT2D eigenvalue weighted by atomic mass is 16.3. The molecule has 1 heteroatoms. The maximum atomic E-state index is 10.9. The Morgan fingerprint density at radius 3 is 2.00 bits per heavy atom. The second-order valence-corrected chi connectivity index (χ2v) is 4.81. The van der Waals surface area contributed by atoms with Gasteiger partial charge < -0.3 is 5.11 Å². The van der Waals surface area contributed by atoms with E-state index in [1.165, 1.54) is 5.56 Å². The standard InChI is InChI=1S/C17H20O/c1-2-13-17(18,16-11-7-4-8-12-16)14-15-9-5-3-6-10-15/h3-12,18H,2,13-14H2,1H3. The molecule has 0 amide bonds. The maximum absolute atomic E-state index is 10.9. The van der Waals surface area contributed by atoms with Crippen molar-refractivity contribution in [2.45, 2.75) is 31.8 Å². The number of rotatable bonds is 5.